The zero-order chi connectivity index (χ0) is 11.9. The average Bonchev–Trinajstić information content (AvgIpc) is 2.90. The van der Waals surface area contributed by atoms with Crippen molar-refractivity contribution in [3.63, 3.8) is 0 Å². The molecule has 0 aliphatic carbocycles. The third-order valence-corrected chi connectivity index (χ3v) is 2.68. The molecule has 2 aromatic carbocycles. The Morgan fingerprint density at radius 2 is 1.65 bits per heavy atom. The van der Waals surface area contributed by atoms with Crippen molar-refractivity contribution in [2.24, 2.45) is 0 Å². The second-order valence-electron chi connectivity index (χ2n) is 4.64. The summed E-state index contributed by atoms with van der Waals surface area (Å²) in [7, 11) is -1.17. The van der Waals surface area contributed by atoms with E-state index in [4.69, 9.17) is 0 Å². The van der Waals surface area contributed by atoms with Crippen LogP contribution in [-0.4, -0.2) is 8.07 Å². The van der Waals surface area contributed by atoms with Crippen LogP contribution in [0.2, 0.25) is 19.6 Å². The molecule has 2 rings (SSSR count). The van der Waals surface area contributed by atoms with E-state index in [1.807, 2.05) is 54.6 Å². The first-order chi connectivity index (χ1) is 7.58. The predicted molar refractivity (Wildman–Crippen MR) is 74.3 cm³/mol. The van der Waals surface area contributed by atoms with Gasteiger partial charge in [-0.1, -0.05) is 19.6 Å². The van der Waals surface area contributed by atoms with Crippen LogP contribution < -0.4 is 0 Å². The fourth-order valence-corrected chi connectivity index (χ4v) is 1.56. The van der Waals surface area contributed by atoms with Crippen molar-refractivity contribution >= 4 is 8.07 Å². The van der Waals surface area contributed by atoms with Crippen molar-refractivity contribution < 1.29 is 17.1 Å². The Kier molecular flexibility index (Phi) is 7.66. The zero-order valence-corrected chi connectivity index (χ0v) is 12.7. The van der Waals surface area contributed by atoms with Crippen LogP contribution in [0.5, 0.6) is 0 Å². The molecule has 0 aromatic heterocycles. The summed E-state index contributed by atoms with van der Waals surface area (Å²) in [6.45, 7) is 6.76. The van der Waals surface area contributed by atoms with E-state index in [-0.39, 0.29) is 17.1 Å². The first-order valence-corrected chi connectivity index (χ1v) is 8.99. The van der Waals surface area contributed by atoms with Crippen molar-refractivity contribution in [2.75, 3.05) is 0 Å². The maximum Gasteiger partial charge on any atom is 2.00 e. The van der Waals surface area contributed by atoms with Crippen LogP contribution in [-0.2, 0) is 17.1 Å². The van der Waals surface area contributed by atoms with Gasteiger partial charge < -0.3 is 0 Å². The minimum Gasteiger partial charge on any atom is -0.214 e. The fraction of sp³-hybridized carbons (Fsp3) is 0.200. The molecule has 0 heterocycles. The van der Waals surface area contributed by atoms with Gasteiger partial charge in [0, 0.05) is 0 Å². The standard InChI is InChI=1S/C10H13Si.C5H5.Fe/c1-11(2,3)9-8-10-6-4-5-7-10;1-2-4-5-3-1;/h4-7H,1-3H3;1-5H;/q2*-1;+2. The van der Waals surface area contributed by atoms with Crippen molar-refractivity contribution in [2.45, 2.75) is 19.6 Å². The van der Waals surface area contributed by atoms with E-state index in [0.717, 1.165) is 5.56 Å². The quantitative estimate of drug-likeness (QED) is 0.389. The molecule has 0 saturated heterocycles. The van der Waals surface area contributed by atoms with E-state index in [1.165, 1.54) is 0 Å². The Morgan fingerprint density at radius 1 is 1.00 bits per heavy atom. The van der Waals surface area contributed by atoms with Crippen LogP contribution in [0.1, 0.15) is 5.56 Å². The van der Waals surface area contributed by atoms with E-state index in [1.54, 1.807) is 0 Å². The molecule has 0 bridgehead atoms. The van der Waals surface area contributed by atoms with Crippen molar-refractivity contribution in [3.8, 4) is 11.5 Å². The molecular weight excluding hydrogens is 264 g/mol. The SMILES string of the molecule is C[Si](C)(C)C#Cc1ccc[cH-]1.[Fe+2].c1cc[cH-]c1. The van der Waals surface area contributed by atoms with Crippen LogP contribution >= 0.6 is 0 Å². The van der Waals surface area contributed by atoms with Gasteiger partial charge in [0.2, 0.25) is 0 Å². The van der Waals surface area contributed by atoms with Crippen LogP contribution in [0.15, 0.2) is 54.6 Å². The molecule has 0 saturated carbocycles. The normalized spacial score (nSPS) is 9.12. The summed E-state index contributed by atoms with van der Waals surface area (Å²) < 4.78 is 0. The van der Waals surface area contributed by atoms with Gasteiger partial charge in [-0.25, -0.2) is 12.1 Å². The summed E-state index contributed by atoms with van der Waals surface area (Å²) in [6, 6.07) is 18.1. The number of hydrogen-bond acceptors (Lipinski definition) is 0. The van der Waals surface area contributed by atoms with Gasteiger partial charge >= 0.3 is 17.1 Å². The third kappa shape index (κ3) is 8.77. The van der Waals surface area contributed by atoms with Gasteiger partial charge in [-0.15, -0.1) is 11.6 Å². The van der Waals surface area contributed by atoms with Gasteiger partial charge in [-0.3, -0.25) is 0 Å². The van der Waals surface area contributed by atoms with Gasteiger partial charge in [-0.2, -0.15) is 47.9 Å². The second kappa shape index (κ2) is 8.14. The predicted octanol–water partition coefficient (Wildman–Crippen LogP) is 4.04. The van der Waals surface area contributed by atoms with E-state index in [0.29, 0.717) is 0 Å². The Balaban J connectivity index is 0.000000360. The molecule has 0 N–H and O–H groups in total. The Bertz CT molecular complexity index is 404. The van der Waals surface area contributed by atoms with E-state index in [2.05, 4.69) is 31.1 Å². The maximum absolute atomic E-state index is 3.31. The minimum atomic E-state index is -1.17. The summed E-state index contributed by atoms with van der Waals surface area (Å²) in [6.07, 6.45) is 0. The number of hydrogen-bond donors (Lipinski definition) is 0. The largest absolute Gasteiger partial charge is 2.00 e. The van der Waals surface area contributed by atoms with Crippen molar-refractivity contribution in [3.05, 3.63) is 60.2 Å². The van der Waals surface area contributed by atoms with Gasteiger partial charge in [-0.05, 0) is 0 Å². The Labute approximate surface area is 116 Å². The summed E-state index contributed by atoms with van der Waals surface area (Å²) in [5.41, 5.74) is 4.46. The minimum absolute atomic E-state index is 0. The molecule has 90 valence electrons. The molecular formula is C15H18FeSi. The molecule has 0 nitrogen and oxygen atoms in total. The van der Waals surface area contributed by atoms with Crippen molar-refractivity contribution in [1.29, 1.82) is 0 Å². The molecule has 0 amide bonds. The van der Waals surface area contributed by atoms with Crippen LogP contribution in [0, 0.1) is 11.5 Å². The average molecular weight is 282 g/mol. The molecule has 0 aliphatic rings. The molecule has 0 radical (unpaired) electrons. The Hall–Kier alpha value is -1.00. The summed E-state index contributed by atoms with van der Waals surface area (Å²) in [5, 5.41) is 0. The second-order valence-corrected chi connectivity index (χ2v) is 9.39. The third-order valence-electron chi connectivity index (χ3n) is 1.80. The molecule has 2 heteroatoms. The molecule has 0 aliphatic heterocycles. The molecule has 0 spiro atoms. The van der Waals surface area contributed by atoms with E-state index in [9.17, 15) is 0 Å². The first kappa shape index (κ1) is 16.0. The molecule has 17 heavy (non-hydrogen) atoms. The fourth-order valence-electron chi connectivity index (χ4n) is 1.04. The summed E-state index contributed by atoms with van der Waals surface area (Å²) >= 11 is 0. The topological polar surface area (TPSA) is 0 Å². The van der Waals surface area contributed by atoms with Crippen LogP contribution in [0.3, 0.4) is 0 Å². The molecule has 0 unspecified atom stereocenters. The monoisotopic (exact) mass is 282 g/mol. The molecule has 0 fully saturated rings. The smallest absolute Gasteiger partial charge is 0.214 e. The summed E-state index contributed by atoms with van der Waals surface area (Å²) in [4.78, 5) is 0. The van der Waals surface area contributed by atoms with Gasteiger partial charge in [0.25, 0.3) is 0 Å². The molecule has 2 aromatic rings. The van der Waals surface area contributed by atoms with E-state index < -0.39 is 8.07 Å². The van der Waals surface area contributed by atoms with Gasteiger partial charge in [0.1, 0.15) is 8.07 Å². The van der Waals surface area contributed by atoms with Crippen LogP contribution in [0.4, 0.5) is 0 Å². The summed E-state index contributed by atoms with van der Waals surface area (Å²) in [5.74, 6) is 3.18. The Morgan fingerprint density at radius 3 is 2.00 bits per heavy atom. The number of rotatable bonds is 0. The van der Waals surface area contributed by atoms with E-state index >= 15 is 0 Å². The zero-order valence-electron chi connectivity index (χ0n) is 10.5. The molecule has 0 atom stereocenters. The first-order valence-electron chi connectivity index (χ1n) is 5.49. The van der Waals surface area contributed by atoms with Crippen LogP contribution in [0.25, 0.3) is 0 Å². The van der Waals surface area contributed by atoms with Crippen molar-refractivity contribution in [1.82, 2.24) is 0 Å². The van der Waals surface area contributed by atoms with Gasteiger partial charge in [0.15, 0.2) is 0 Å². The van der Waals surface area contributed by atoms with Gasteiger partial charge in [0.05, 0.1) is 0 Å². The maximum atomic E-state index is 3.31.